The van der Waals surface area contributed by atoms with Crippen LogP contribution in [0.3, 0.4) is 0 Å². The highest BCUT2D eigenvalue weighted by Gasteiger charge is 2.24. The zero-order chi connectivity index (χ0) is 8.20. The van der Waals surface area contributed by atoms with Crippen LogP contribution in [0.4, 0.5) is 0 Å². The van der Waals surface area contributed by atoms with Gasteiger partial charge in [-0.05, 0) is 12.8 Å². The van der Waals surface area contributed by atoms with Crippen molar-refractivity contribution in [3.8, 4) is 0 Å². The van der Waals surface area contributed by atoms with Crippen LogP contribution in [-0.4, -0.2) is 26.3 Å². The summed E-state index contributed by atoms with van der Waals surface area (Å²) in [5.74, 6) is 0. The third kappa shape index (κ3) is 4.73. The quantitative estimate of drug-likeness (QED) is 0.340. The number of aliphatic hydroxyl groups is 2. The highest BCUT2D eigenvalue weighted by Crippen LogP contribution is 2.30. The molecule has 0 rings (SSSR count). The zero-order valence-corrected chi connectivity index (χ0v) is 8.12. The van der Waals surface area contributed by atoms with Crippen LogP contribution in [0.1, 0.15) is 12.8 Å². The minimum Gasteiger partial charge on any atom is -0.396 e. The Kier molecular flexibility index (Phi) is 5.23. The number of thiol groups is 3. The SMILES string of the molecule is OCCCC(O)C(S)(S)S. The standard InChI is InChI=1S/C5H12O2S3/c6-3-1-2-4(7)5(8,9)10/h4,6-10H,1-3H2. The van der Waals surface area contributed by atoms with Gasteiger partial charge in [-0.1, -0.05) is 0 Å². The Labute approximate surface area is 77.3 Å². The molecule has 2 N–H and O–H groups in total. The second kappa shape index (κ2) is 4.77. The molecule has 0 amide bonds. The van der Waals surface area contributed by atoms with Gasteiger partial charge >= 0.3 is 0 Å². The van der Waals surface area contributed by atoms with Crippen molar-refractivity contribution < 1.29 is 10.2 Å². The molecule has 10 heavy (non-hydrogen) atoms. The van der Waals surface area contributed by atoms with Crippen LogP contribution in [0, 0.1) is 0 Å². The molecule has 0 saturated heterocycles. The number of hydrogen-bond acceptors (Lipinski definition) is 5. The molecule has 0 aliphatic carbocycles. The lowest BCUT2D eigenvalue weighted by atomic mass is 10.2. The molecule has 0 aliphatic heterocycles. The molecule has 0 aromatic heterocycles. The summed E-state index contributed by atoms with van der Waals surface area (Å²) < 4.78 is -0.963. The average Bonchev–Trinajstić information content (AvgIpc) is 1.80. The Hall–Kier alpha value is 0.970. The summed E-state index contributed by atoms with van der Waals surface area (Å²) in [5.41, 5.74) is 0. The van der Waals surface area contributed by atoms with E-state index >= 15 is 0 Å². The van der Waals surface area contributed by atoms with Crippen molar-refractivity contribution >= 4 is 37.9 Å². The Balaban J connectivity index is 3.52. The van der Waals surface area contributed by atoms with Gasteiger partial charge in [0.1, 0.15) is 3.41 Å². The van der Waals surface area contributed by atoms with Gasteiger partial charge in [-0.25, -0.2) is 0 Å². The molecule has 0 aliphatic rings. The van der Waals surface area contributed by atoms with E-state index in [1.807, 2.05) is 0 Å². The summed E-state index contributed by atoms with van der Waals surface area (Å²) >= 11 is 11.8. The van der Waals surface area contributed by atoms with Gasteiger partial charge in [0, 0.05) is 6.61 Å². The molecule has 0 radical (unpaired) electrons. The first-order valence-electron chi connectivity index (χ1n) is 2.94. The molecule has 0 bridgehead atoms. The Morgan fingerprint density at radius 1 is 1.30 bits per heavy atom. The molecule has 1 unspecified atom stereocenters. The molecular weight excluding hydrogens is 188 g/mol. The third-order valence-corrected chi connectivity index (χ3v) is 1.98. The minimum absolute atomic E-state index is 0.0719. The van der Waals surface area contributed by atoms with Crippen molar-refractivity contribution in [1.82, 2.24) is 0 Å². The monoisotopic (exact) mass is 200 g/mol. The van der Waals surface area contributed by atoms with E-state index < -0.39 is 9.52 Å². The van der Waals surface area contributed by atoms with Crippen LogP contribution in [-0.2, 0) is 0 Å². The van der Waals surface area contributed by atoms with Crippen LogP contribution < -0.4 is 0 Å². The lowest BCUT2D eigenvalue weighted by molar-refractivity contribution is 0.159. The fourth-order valence-corrected chi connectivity index (χ4v) is 0.866. The molecule has 0 heterocycles. The molecule has 2 nitrogen and oxygen atoms in total. The molecule has 0 saturated carbocycles. The predicted molar refractivity (Wildman–Crippen MR) is 52.0 cm³/mol. The molecular formula is C5H12O2S3. The topological polar surface area (TPSA) is 40.5 Å². The van der Waals surface area contributed by atoms with Gasteiger partial charge < -0.3 is 10.2 Å². The third-order valence-electron chi connectivity index (χ3n) is 1.08. The average molecular weight is 200 g/mol. The Morgan fingerprint density at radius 2 is 1.80 bits per heavy atom. The van der Waals surface area contributed by atoms with E-state index in [1.165, 1.54) is 0 Å². The summed E-state index contributed by atoms with van der Waals surface area (Å²) in [7, 11) is 0. The maximum Gasteiger partial charge on any atom is 0.124 e. The molecule has 0 aromatic carbocycles. The largest absolute Gasteiger partial charge is 0.396 e. The van der Waals surface area contributed by atoms with Gasteiger partial charge in [0.05, 0.1) is 6.10 Å². The van der Waals surface area contributed by atoms with Crippen LogP contribution in [0.5, 0.6) is 0 Å². The first-order valence-corrected chi connectivity index (χ1v) is 4.28. The lowest BCUT2D eigenvalue weighted by Crippen LogP contribution is -2.25. The zero-order valence-electron chi connectivity index (χ0n) is 5.43. The highest BCUT2D eigenvalue weighted by atomic mass is 32.2. The molecule has 1 atom stereocenters. The Bertz CT molecular complexity index is 91.4. The fraction of sp³-hybridized carbons (Fsp3) is 1.00. The van der Waals surface area contributed by atoms with Gasteiger partial charge in [0.2, 0.25) is 0 Å². The van der Waals surface area contributed by atoms with E-state index in [0.29, 0.717) is 12.8 Å². The summed E-state index contributed by atoms with van der Waals surface area (Å²) in [5, 5.41) is 17.6. The molecule has 0 aromatic rings. The van der Waals surface area contributed by atoms with Crippen molar-refractivity contribution in [1.29, 1.82) is 0 Å². The van der Waals surface area contributed by atoms with Gasteiger partial charge in [-0.2, -0.15) is 0 Å². The summed E-state index contributed by atoms with van der Waals surface area (Å²) in [6.45, 7) is 0.0719. The van der Waals surface area contributed by atoms with Gasteiger partial charge in [0.15, 0.2) is 0 Å². The number of aliphatic hydroxyl groups excluding tert-OH is 2. The second-order valence-electron chi connectivity index (χ2n) is 2.07. The molecule has 0 spiro atoms. The van der Waals surface area contributed by atoms with Crippen LogP contribution >= 0.6 is 37.9 Å². The molecule has 0 fully saturated rings. The smallest absolute Gasteiger partial charge is 0.124 e. The summed E-state index contributed by atoms with van der Waals surface area (Å²) in [4.78, 5) is 0. The van der Waals surface area contributed by atoms with Crippen molar-refractivity contribution in [3.05, 3.63) is 0 Å². The van der Waals surface area contributed by atoms with Crippen LogP contribution in [0.25, 0.3) is 0 Å². The first kappa shape index (κ1) is 11.0. The normalized spacial score (nSPS) is 15.3. The lowest BCUT2D eigenvalue weighted by Gasteiger charge is -2.22. The molecule has 5 heteroatoms. The fourth-order valence-electron chi connectivity index (χ4n) is 0.478. The van der Waals surface area contributed by atoms with E-state index in [2.05, 4.69) is 37.9 Å². The maximum atomic E-state index is 9.18. The molecule has 62 valence electrons. The van der Waals surface area contributed by atoms with Crippen LogP contribution in [0.15, 0.2) is 0 Å². The van der Waals surface area contributed by atoms with Crippen molar-refractivity contribution in [3.63, 3.8) is 0 Å². The highest BCUT2D eigenvalue weighted by molar-refractivity contribution is 8.17. The number of rotatable bonds is 4. The van der Waals surface area contributed by atoms with E-state index in [0.717, 1.165) is 0 Å². The Morgan fingerprint density at radius 3 is 2.10 bits per heavy atom. The van der Waals surface area contributed by atoms with E-state index in [1.54, 1.807) is 0 Å². The van der Waals surface area contributed by atoms with Gasteiger partial charge in [0.25, 0.3) is 0 Å². The summed E-state index contributed by atoms with van der Waals surface area (Å²) in [6.07, 6.45) is 0.312. The number of hydrogen-bond donors (Lipinski definition) is 5. The van der Waals surface area contributed by atoms with Gasteiger partial charge in [-0.15, -0.1) is 37.9 Å². The van der Waals surface area contributed by atoms with E-state index in [9.17, 15) is 5.11 Å². The second-order valence-corrected chi connectivity index (χ2v) is 5.24. The van der Waals surface area contributed by atoms with Crippen LogP contribution in [0.2, 0.25) is 0 Å². The van der Waals surface area contributed by atoms with E-state index in [-0.39, 0.29) is 6.61 Å². The predicted octanol–water partition coefficient (Wildman–Crippen LogP) is 0.563. The van der Waals surface area contributed by atoms with E-state index in [4.69, 9.17) is 5.11 Å². The van der Waals surface area contributed by atoms with Crippen molar-refractivity contribution in [2.24, 2.45) is 0 Å². The maximum absolute atomic E-state index is 9.18. The van der Waals surface area contributed by atoms with Gasteiger partial charge in [-0.3, -0.25) is 0 Å². The minimum atomic E-state index is -0.963. The van der Waals surface area contributed by atoms with Crippen molar-refractivity contribution in [2.45, 2.75) is 22.4 Å². The summed E-state index contributed by atoms with van der Waals surface area (Å²) in [6, 6.07) is 0. The van der Waals surface area contributed by atoms with Crippen molar-refractivity contribution in [2.75, 3.05) is 6.61 Å². The first-order chi connectivity index (χ1) is 4.48.